The zero-order valence-corrected chi connectivity index (χ0v) is 18.2. The molecule has 0 spiro atoms. The molecule has 2 atom stereocenters. The fraction of sp³-hybridized carbons (Fsp3) is 0.458. The Labute approximate surface area is 187 Å². The predicted molar refractivity (Wildman–Crippen MR) is 118 cm³/mol. The molecule has 1 aromatic heterocycles. The second kappa shape index (κ2) is 9.85. The van der Waals surface area contributed by atoms with Gasteiger partial charge in [0.25, 0.3) is 0 Å². The molecule has 168 valence electrons. The molecule has 5 rings (SSSR count). The minimum absolute atomic E-state index is 0.112. The summed E-state index contributed by atoms with van der Waals surface area (Å²) >= 11 is 0. The van der Waals surface area contributed by atoms with Crippen molar-refractivity contribution in [2.24, 2.45) is 0 Å². The number of piperazine rings is 1. The molecule has 8 heteroatoms. The molecule has 0 aliphatic carbocycles. The van der Waals surface area contributed by atoms with Crippen molar-refractivity contribution < 1.29 is 9.13 Å². The van der Waals surface area contributed by atoms with Crippen molar-refractivity contribution in [1.82, 2.24) is 30.0 Å². The summed E-state index contributed by atoms with van der Waals surface area (Å²) in [5.41, 5.74) is 1.93. The van der Waals surface area contributed by atoms with Crippen molar-refractivity contribution in [1.29, 1.82) is 0 Å². The van der Waals surface area contributed by atoms with E-state index in [2.05, 4.69) is 49.6 Å². The van der Waals surface area contributed by atoms with Gasteiger partial charge in [-0.2, -0.15) is 0 Å². The van der Waals surface area contributed by atoms with Crippen LogP contribution in [0.3, 0.4) is 0 Å². The maximum Gasteiger partial charge on any atom is 0.173 e. The highest BCUT2D eigenvalue weighted by atomic mass is 19.1. The van der Waals surface area contributed by atoms with E-state index in [4.69, 9.17) is 4.74 Å². The van der Waals surface area contributed by atoms with Gasteiger partial charge in [0.2, 0.25) is 0 Å². The Morgan fingerprint density at radius 2 is 1.78 bits per heavy atom. The minimum atomic E-state index is -0.327. The Hall–Kier alpha value is -2.68. The third-order valence-electron chi connectivity index (χ3n) is 6.43. The van der Waals surface area contributed by atoms with Crippen LogP contribution in [0.5, 0.6) is 0 Å². The number of halogens is 1. The second-order valence-electron chi connectivity index (χ2n) is 8.58. The maximum atomic E-state index is 14.9. The quantitative estimate of drug-likeness (QED) is 0.568. The lowest BCUT2D eigenvalue weighted by Gasteiger charge is -2.39. The van der Waals surface area contributed by atoms with Crippen LogP contribution < -0.4 is 0 Å². The third-order valence-corrected chi connectivity index (χ3v) is 6.43. The van der Waals surface area contributed by atoms with Crippen LogP contribution in [0.1, 0.15) is 35.8 Å². The molecule has 2 aromatic carbocycles. The van der Waals surface area contributed by atoms with E-state index in [0.717, 1.165) is 52.2 Å². The van der Waals surface area contributed by atoms with Gasteiger partial charge >= 0.3 is 0 Å². The molecule has 0 unspecified atom stereocenters. The highest BCUT2D eigenvalue weighted by molar-refractivity contribution is 5.27. The van der Waals surface area contributed by atoms with Crippen molar-refractivity contribution >= 4 is 0 Å². The lowest BCUT2D eigenvalue weighted by molar-refractivity contribution is 0.0836. The van der Waals surface area contributed by atoms with Gasteiger partial charge in [0.05, 0.1) is 12.6 Å². The normalized spacial score (nSPS) is 21.1. The monoisotopic (exact) mass is 436 g/mol. The maximum absolute atomic E-state index is 14.9. The topological polar surface area (TPSA) is 59.3 Å². The minimum Gasteiger partial charge on any atom is -0.376 e. The van der Waals surface area contributed by atoms with Crippen molar-refractivity contribution in [3.8, 4) is 0 Å². The van der Waals surface area contributed by atoms with Crippen molar-refractivity contribution in [3.63, 3.8) is 0 Å². The molecule has 0 amide bonds. The highest BCUT2D eigenvalue weighted by Crippen LogP contribution is 2.30. The van der Waals surface area contributed by atoms with Crippen LogP contribution in [0.4, 0.5) is 4.39 Å². The molecule has 2 aliphatic rings. The SMILES string of the molecule is Fc1ccccc1[C@@H](c1nnnn1C[C@@H]1CCCO1)N1CCN(Cc2ccccc2)CC1. The Bertz CT molecular complexity index is 998. The molecule has 0 radical (unpaired) electrons. The van der Waals surface area contributed by atoms with E-state index in [1.165, 1.54) is 11.6 Å². The van der Waals surface area contributed by atoms with E-state index in [9.17, 15) is 4.39 Å². The largest absolute Gasteiger partial charge is 0.376 e. The molecule has 0 bridgehead atoms. The van der Waals surface area contributed by atoms with E-state index in [1.54, 1.807) is 6.07 Å². The van der Waals surface area contributed by atoms with Crippen molar-refractivity contribution in [2.45, 2.75) is 38.1 Å². The molecule has 2 fully saturated rings. The molecule has 32 heavy (non-hydrogen) atoms. The number of benzene rings is 2. The molecule has 7 nitrogen and oxygen atoms in total. The molecule has 2 saturated heterocycles. The van der Waals surface area contributed by atoms with Gasteiger partial charge in [-0.1, -0.05) is 48.5 Å². The zero-order chi connectivity index (χ0) is 21.8. The number of nitrogens with zero attached hydrogens (tertiary/aromatic N) is 6. The lowest BCUT2D eigenvalue weighted by Crippen LogP contribution is -2.48. The summed E-state index contributed by atoms with van der Waals surface area (Å²) in [6.45, 7) is 5.76. The number of ether oxygens (including phenoxy) is 1. The fourth-order valence-corrected chi connectivity index (χ4v) is 4.74. The fourth-order valence-electron chi connectivity index (χ4n) is 4.74. The van der Waals surface area contributed by atoms with Gasteiger partial charge in [-0.25, -0.2) is 9.07 Å². The van der Waals surface area contributed by atoms with Gasteiger partial charge in [-0.05, 0) is 34.9 Å². The molecule has 2 aliphatic heterocycles. The average molecular weight is 437 g/mol. The van der Waals surface area contributed by atoms with Gasteiger partial charge in [0.1, 0.15) is 11.9 Å². The summed E-state index contributed by atoms with van der Waals surface area (Å²) in [7, 11) is 0. The number of rotatable bonds is 7. The third kappa shape index (κ3) is 4.72. The van der Waals surface area contributed by atoms with Crippen LogP contribution in [0.25, 0.3) is 0 Å². The first kappa shape index (κ1) is 21.2. The summed E-state index contributed by atoms with van der Waals surface area (Å²) in [5, 5.41) is 12.6. The summed E-state index contributed by atoms with van der Waals surface area (Å²) in [6.07, 6.45) is 2.17. The summed E-state index contributed by atoms with van der Waals surface area (Å²) in [6, 6.07) is 17.2. The van der Waals surface area contributed by atoms with Crippen molar-refractivity contribution in [2.75, 3.05) is 32.8 Å². The summed E-state index contributed by atoms with van der Waals surface area (Å²) < 4.78 is 22.6. The second-order valence-corrected chi connectivity index (χ2v) is 8.58. The van der Waals surface area contributed by atoms with Crippen LogP contribution >= 0.6 is 0 Å². The molecule has 0 saturated carbocycles. The number of tetrazole rings is 1. The van der Waals surface area contributed by atoms with Gasteiger partial charge in [-0.15, -0.1) is 5.10 Å². The first-order valence-electron chi connectivity index (χ1n) is 11.4. The van der Waals surface area contributed by atoms with Crippen LogP contribution in [0, 0.1) is 5.82 Å². The predicted octanol–water partition coefficient (Wildman–Crippen LogP) is 2.90. The van der Waals surface area contributed by atoms with E-state index in [-0.39, 0.29) is 18.0 Å². The molecular weight excluding hydrogens is 407 g/mol. The van der Waals surface area contributed by atoms with E-state index >= 15 is 0 Å². The van der Waals surface area contributed by atoms with Crippen LogP contribution in [0.2, 0.25) is 0 Å². The number of aromatic nitrogens is 4. The summed E-state index contributed by atoms with van der Waals surface area (Å²) in [4.78, 5) is 4.75. The van der Waals surface area contributed by atoms with Gasteiger partial charge < -0.3 is 4.74 Å². The Morgan fingerprint density at radius 1 is 1.00 bits per heavy atom. The Kier molecular flexibility index (Phi) is 6.52. The average Bonchev–Trinajstić information content (AvgIpc) is 3.50. The van der Waals surface area contributed by atoms with E-state index in [1.807, 2.05) is 22.9 Å². The number of hydrogen-bond acceptors (Lipinski definition) is 6. The van der Waals surface area contributed by atoms with Crippen molar-refractivity contribution in [3.05, 3.63) is 77.4 Å². The Balaban J connectivity index is 1.36. The molecule has 3 aromatic rings. The summed E-state index contributed by atoms with van der Waals surface area (Å²) in [5.74, 6) is 0.456. The smallest absolute Gasteiger partial charge is 0.173 e. The zero-order valence-electron chi connectivity index (χ0n) is 18.2. The first-order chi connectivity index (χ1) is 15.8. The van der Waals surface area contributed by atoms with Gasteiger partial charge in [0, 0.05) is 44.9 Å². The molecule has 0 N–H and O–H groups in total. The van der Waals surface area contributed by atoms with E-state index in [0.29, 0.717) is 17.9 Å². The van der Waals surface area contributed by atoms with Crippen LogP contribution in [-0.4, -0.2) is 68.9 Å². The first-order valence-corrected chi connectivity index (χ1v) is 11.4. The molecular formula is C24H29FN6O. The van der Waals surface area contributed by atoms with Crippen LogP contribution in [-0.2, 0) is 17.8 Å². The molecule has 3 heterocycles. The lowest BCUT2D eigenvalue weighted by atomic mass is 10.0. The van der Waals surface area contributed by atoms with Gasteiger partial charge in [-0.3, -0.25) is 9.80 Å². The van der Waals surface area contributed by atoms with Gasteiger partial charge in [0.15, 0.2) is 5.82 Å². The van der Waals surface area contributed by atoms with Crippen LogP contribution in [0.15, 0.2) is 54.6 Å². The van der Waals surface area contributed by atoms with E-state index < -0.39 is 0 Å². The highest BCUT2D eigenvalue weighted by Gasteiger charge is 2.33. The standard InChI is InChI=1S/C24H29FN6O/c25-22-11-5-4-10-21(22)23(24-26-27-28-31(24)18-20-9-6-16-32-20)30-14-12-29(13-15-30)17-19-7-2-1-3-8-19/h1-5,7-8,10-11,20,23H,6,9,12-18H2/t20-,23-/m0/s1. The number of hydrogen-bond donors (Lipinski definition) is 0. The Morgan fingerprint density at radius 3 is 2.53 bits per heavy atom.